The van der Waals surface area contributed by atoms with Crippen molar-refractivity contribution in [2.75, 3.05) is 11.3 Å². The van der Waals surface area contributed by atoms with Crippen molar-refractivity contribution in [2.24, 2.45) is 0 Å². The molecule has 2 aromatic carbocycles. The molecule has 1 heterocycles. The number of nitrogens with zero attached hydrogens (tertiary/aromatic N) is 1. The van der Waals surface area contributed by atoms with E-state index in [1.807, 2.05) is 13.8 Å². The quantitative estimate of drug-likeness (QED) is 0.819. The van der Waals surface area contributed by atoms with Crippen LogP contribution in [0.4, 0.5) is 5.69 Å². The first kappa shape index (κ1) is 19.5. The van der Waals surface area contributed by atoms with E-state index in [9.17, 15) is 13.2 Å². The Hall–Kier alpha value is -2.25. The number of nitrogens with one attached hydrogen (secondary N) is 1. The molecule has 0 bridgehead atoms. The first-order chi connectivity index (χ1) is 12.8. The van der Waals surface area contributed by atoms with Crippen molar-refractivity contribution in [2.45, 2.75) is 37.8 Å². The first-order valence-corrected chi connectivity index (χ1v) is 10.5. The van der Waals surface area contributed by atoms with E-state index in [4.69, 9.17) is 16.3 Å². The van der Waals surface area contributed by atoms with Crippen LogP contribution in [0.25, 0.3) is 0 Å². The number of anilines is 1. The fourth-order valence-corrected chi connectivity index (χ4v) is 4.03. The molecule has 0 aliphatic carbocycles. The normalized spacial score (nSPS) is 15.5. The second-order valence-electron chi connectivity index (χ2n) is 6.45. The minimum Gasteiger partial charge on any atom is -0.483 e. The van der Waals surface area contributed by atoms with E-state index >= 15 is 0 Å². The molecule has 1 atom stereocenters. The lowest BCUT2D eigenvalue weighted by Crippen LogP contribution is -2.39. The molecule has 0 fully saturated rings. The van der Waals surface area contributed by atoms with Gasteiger partial charge in [0.05, 0.1) is 4.90 Å². The van der Waals surface area contributed by atoms with Crippen molar-refractivity contribution >= 4 is 33.2 Å². The number of carbonyl (C=O) groups excluding carboxylic acids is 1. The third-order valence-corrected chi connectivity index (χ3v) is 6.22. The number of sulfonamides is 1. The summed E-state index contributed by atoms with van der Waals surface area (Å²) in [5.41, 5.74) is 1.17. The van der Waals surface area contributed by atoms with Crippen LogP contribution >= 0.6 is 11.6 Å². The van der Waals surface area contributed by atoms with E-state index in [2.05, 4.69) is 4.72 Å². The van der Waals surface area contributed by atoms with E-state index in [-0.39, 0.29) is 23.5 Å². The van der Waals surface area contributed by atoms with Crippen molar-refractivity contribution in [3.05, 3.63) is 53.1 Å². The van der Waals surface area contributed by atoms with Gasteiger partial charge < -0.3 is 9.64 Å². The van der Waals surface area contributed by atoms with Crippen molar-refractivity contribution in [1.82, 2.24) is 4.90 Å². The van der Waals surface area contributed by atoms with Crippen molar-refractivity contribution in [3.63, 3.8) is 0 Å². The van der Waals surface area contributed by atoms with Gasteiger partial charge >= 0.3 is 0 Å². The van der Waals surface area contributed by atoms with Crippen LogP contribution < -0.4 is 9.46 Å². The highest BCUT2D eigenvalue weighted by Crippen LogP contribution is 2.29. The summed E-state index contributed by atoms with van der Waals surface area (Å²) < 4.78 is 33.3. The molecule has 1 aliphatic rings. The highest BCUT2D eigenvalue weighted by molar-refractivity contribution is 7.92. The Morgan fingerprint density at radius 3 is 2.59 bits per heavy atom. The van der Waals surface area contributed by atoms with E-state index in [1.165, 1.54) is 24.3 Å². The summed E-state index contributed by atoms with van der Waals surface area (Å²) in [6, 6.07) is 11.0. The zero-order valence-corrected chi connectivity index (χ0v) is 16.7. The topological polar surface area (TPSA) is 75.7 Å². The van der Waals surface area contributed by atoms with Gasteiger partial charge in [0.15, 0.2) is 6.61 Å². The molecule has 0 saturated heterocycles. The summed E-state index contributed by atoms with van der Waals surface area (Å²) in [4.78, 5) is 14.2. The molecule has 0 aromatic heterocycles. The van der Waals surface area contributed by atoms with Gasteiger partial charge in [-0.1, -0.05) is 18.5 Å². The molecular formula is C19H21ClN2O4S. The van der Waals surface area contributed by atoms with Gasteiger partial charge in [-0.25, -0.2) is 8.42 Å². The van der Waals surface area contributed by atoms with E-state index in [0.717, 1.165) is 12.0 Å². The average Bonchev–Trinajstić information content (AvgIpc) is 2.80. The summed E-state index contributed by atoms with van der Waals surface area (Å²) in [7, 11) is -3.74. The smallest absolute Gasteiger partial charge is 0.261 e. The predicted octanol–water partition coefficient (Wildman–Crippen LogP) is 3.66. The maximum Gasteiger partial charge on any atom is 0.261 e. The number of carbonyl (C=O) groups is 1. The number of amides is 1. The fraction of sp³-hybridized carbons (Fsp3) is 0.316. The molecule has 6 nitrogen and oxygen atoms in total. The van der Waals surface area contributed by atoms with Crippen LogP contribution in [-0.2, 0) is 21.4 Å². The number of hydrogen-bond donors (Lipinski definition) is 1. The number of ether oxygens (including phenoxy) is 1. The van der Waals surface area contributed by atoms with Gasteiger partial charge in [0.1, 0.15) is 5.75 Å². The molecule has 1 amide bonds. The summed E-state index contributed by atoms with van der Waals surface area (Å²) in [6.07, 6.45) is 0.823. The maximum absolute atomic E-state index is 12.6. The van der Waals surface area contributed by atoms with Crippen LogP contribution in [-0.4, -0.2) is 31.9 Å². The molecule has 3 rings (SSSR count). The minimum atomic E-state index is -3.74. The summed E-state index contributed by atoms with van der Waals surface area (Å²) in [5, 5.41) is 0.464. The van der Waals surface area contributed by atoms with Gasteiger partial charge in [-0.2, -0.15) is 0 Å². The highest BCUT2D eigenvalue weighted by atomic mass is 35.5. The molecule has 0 saturated carbocycles. The summed E-state index contributed by atoms with van der Waals surface area (Å²) in [5.74, 6) is 0.507. The van der Waals surface area contributed by atoms with Crippen LogP contribution in [0.1, 0.15) is 25.8 Å². The minimum absolute atomic E-state index is 0.0206. The zero-order chi connectivity index (χ0) is 19.6. The Bertz CT molecular complexity index is 945. The Labute approximate surface area is 164 Å². The molecule has 1 aliphatic heterocycles. The molecule has 144 valence electrons. The first-order valence-electron chi connectivity index (χ1n) is 8.63. The van der Waals surface area contributed by atoms with Crippen molar-refractivity contribution in [1.29, 1.82) is 0 Å². The maximum atomic E-state index is 12.6. The van der Waals surface area contributed by atoms with Gasteiger partial charge in [-0.15, -0.1) is 0 Å². The van der Waals surface area contributed by atoms with Crippen molar-refractivity contribution < 1.29 is 17.9 Å². The lowest BCUT2D eigenvalue weighted by Gasteiger charge is -2.26. The Morgan fingerprint density at radius 2 is 1.93 bits per heavy atom. The second-order valence-corrected chi connectivity index (χ2v) is 8.57. The molecule has 0 spiro atoms. The molecule has 0 radical (unpaired) electrons. The van der Waals surface area contributed by atoms with Crippen LogP contribution in [0.3, 0.4) is 0 Å². The van der Waals surface area contributed by atoms with Crippen LogP contribution in [0, 0.1) is 0 Å². The molecule has 1 N–H and O–H groups in total. The third-order valence-electron chi connectivity index (χ3n) is 4.57. The molecule has 2 aromatic rings. The van der Waals surface area contributed by atoms with Crippen LogP contribution in [0.5, 0.6) is 5.75 Å². The number of hydrogen-bond acceptors (Lipinski definition) is 4. The molecule has 0 unspecified atom stereocenters. The summed E-state index contributed by atoms with van der Waals surface area (Å²) in [6.45, 7) is 4.35. The molecule has 8 heteroatoms. The average molecular weight is 409 g/mol. The number of rotatable bonds is 5. The van der Waals surface area contributed by atoms with E-state index < -0.39 is 10.0 Å². The number of halogens is 1. The predicted molar refractivity (Wildman–Crippen MR) is 105 cm³/mol. The van der Waals surface area contributed by atoms with E-state index in [1.54, 1.807) is 23.1 Å². The summed E-state index contributed by atoms with van der Waals surface area (Å²) >= 11 is 5.82. The number of benzene rings is 2. The monoisotopic (exact) mass is 408 g/mol. The molecular weight excluding hydrogens is 388 g/mol. The largest absolute Gasteiger partial charge is 0.483 e. The standard InChI is InChI=1S/C19H21ClN2O4S/c1-3-13(2)22-11-14-10-16(6-9-18(14)26-12-19(22)23)21-27(24,25)17-7-4-15(20)5-8-17/h4-10,13,21H,3,11-12H2,1-2H3/t13-/m1/s1. The SMILES string of the molecule is CC[C@@H](C)N1Cc2cc(NS(=O)(=O)c3ccc(Cl)cc3)ccc2OCC1=O. The molecule has 27 heavy (non-hydrogen) atoms. The van der Waals surface area contributed by atoms with Gasteiger partial charge in [0.2, 0.25) is 0 Å². The van der Waals surface area contributed by atoms with Crippen molar-refractivity contribution in [3.8, 4) is 5.75 Å². The fourth-order valence-electron chi connectivity index (χ4n) is 2.85. The van der Waals surface area contributed by atoms with Gasteiger partial charge in [0, 0.05) is 28.9 Å². The third kappa shape index (κ3) is 4.36. The number of fused-ring (bicyclic) bond motifs is 1. The van der Waals surface area contributed by atoms with Crippen LogP contribution in [0.2, 0.25) is 5.02 Å². The van der Waals surface area contributed by atoms with E-state index in [0.29, 0.717) is 23.0 Å². The van der Waals surface area contributed by atoms with Crippen LogP contribution in [0.15, 0.2) is 47.4 Å². The van der Waals surface area contributed by atoms with Gasteiger partial charge in [-0.3, -0.25) is 9.52 Å². The van der Waals surface area contributed by atoms with Gasteiger partial charge in [0.25, 0.3) is 15.9 Å². The second kappa shape index (κ2) is 7.78. The Kier molecular flexibility index (Phi) is 5.62. The zero-order valence-electron chi connectivity index (χ0n) is 15.1. The Morgan fingerprint density at radius 1 is 1.22 bits per heavy atom. The Balaban J connectivity index is 1.87. The lowest BCUT2D eigenvalue weighted by atomic mass is 10.1. The lowest BCUT2D eigenvalue weighted by molar-refractivity contribution is -0.135. The highest BCUT2D eigenvalue weighted by Gasteiger charge is 2.25. The van der Waals surface area contributed by atoms with Gasteiger partial charge in [-0.05, 0) is 55.8 Å².